The van der Waals surface area contributed by atoms with Gasteiger partial charge in [0.05, 0.1) is 11.3 Å². The van der Waals surface area contributed by atoms with Crippen LogP contribution in [-0.2, 0) is 17.6 Å². The standard InChI is InChI=1S/C21H23ClN2OS2/c1-21(2,3)13-4-9-16-17(11-23)20(27-18(16)10-13)24-19(25)12-26-15-7-5-14(22)6-8-15/h5-8,13H,4,9-10,12H2,1-3H3,(H,24,25). The number of nitrogens with one attached hydrogen (secondary N) is 1. The summed E-state index contributed by atoms with van der Waals surface area (Å²) in [6.07, 6.45) is 3.02. The molecule has 1 aliphatic carbocycles. The number of carbonyl (C=O) groups excluding carboxylic acids is 1. The molecule has 0 fully saturated rings. The van der Waals surface area contributed by atoms with Crippen LogP contribution in [0.1, 0.15) is 43.2 Å². The summed E-state index contributed by atoms with van der Waals surface area (Å²) in [7, 11) is 0. The van der Waals surface area contributed by atoms with E-state index in [0.29, 0.717) is 27.3 Å². The zero-order valence-corrected chi connectivity index (χ0v) is 18.2. The molecule has 1 amide bonds. The fourth-order valence-corrected chi connectivity index (χ4v) is 5.49. The van der Waals surface area contributed by atoms with Gasteiger partial charge in [-0.2, -0.15) is 5.26 Å². The minimum atomic E-state index is -0.0857. The molecular formula is C21H23ClN2OS2. The molecule has 2 aromatic rings. The van der Waals surface area contributed by atoms with Gasteiger partial charge < -0.3 is 5.32 Å². The summed E-state index contributed by atoms with van der Waals surface area (Å²) in [4.78, 5) is 14.7. The molecule has 1 heterocycles. The first-order valence-corrected chi connectivity index (χ1v) is 11.2. The predicted molar refractivity (Wildman–Crippen MR) is 115 cm³/mol. The number of nitrogens with zero attached hydrogens (tertiary/aromatic N) is 1. The normalized spacial score (nSPS) is 16.5. The van der Waals surface area contributed by atoms with Crippen LogP contribution in [0.5, 0.6) is 0 Å². The highest BCUT2D eigenvalue weighted by molar-refractivity contribution is 8.00. The number of amides is 1. The lowest BCUT2D eigenvalue weighted by Crippen LogP contribution is -2.26. The van der Waals surface area contributed by atoms with E-state index in [-0.39, 0.29) is 11.3 Å². The van der Waals surface area contributed by atoms with Crippen molar-refractivity contribution in [1.29, 1.82) is 5.26 Å². The number of thioether (sulfide) groups is 1. The summed E-state index contributed by atoms with van der Waals surface area (Å²) in [5.41, 5.74) is 2.06. The Morgan fingerprint density at radius 3 is 2.70 bits per heavy atom. The Kier molecular flexibility index (Phi) is 6.20. The summed E-state index contributed by atoms with van der Waals surface area (Å²) in [5, 5.41) is 14.0. The summed E-state index contributed by atoms with van der Waals surface area (Å²) < 4.78 is 0. The Hall–Kier alpha value is -1.48. The van der Waals surface area contributed by atoms with Crippen LogP contribution < -0.4 is 5.32 Å². The van der Waals surface area contributed by atoms with E-state index in [9.17, 15) is 10.1 Å². The highest BCUT2D eigenvalue weighted by Crippen LogP contribution is 2.44. The second-order valence-corrected chi connectivity index (χ2v) is 10.5. The number of halogens is 1. The van der Waals surface area contributed by atoms with Gasteiger partial charge in [-0.25, -0.2) is 0 Å². The van der Waals surface area contributed by atoms with Gasteiger partial charge in [0, 0.05) is 14.8 Å². The fraction of sp³-hybridized carbons (Fsp3) is 0.429. The van der Waals surface area contributed by atoms with Gasteiger partial charge in [0.1, 0.15) is 11.1 Å². The van der Waals surface area contributed by atoms with Gasteiger partial charge in [0.15, 0.2) is 0 Å². The van der Waals surface area contributed by atoms with Crippen molar-refractivity contribution >= 4 is 45.6 Å². The molecule has 0 saturated heterocycles. The largest absolute Gasteiger partial charge is 0.316 e. The van der Waals surface area contributed by atoms with E-state index >= 15 is 0 Å². The molecule has 0 bridgehead atoms. The lowest BCUT2D eigenvalue weighted by atomic mass is 9.72. The van der Waals surface area contributed by atoms with Crippen molar-refractivity contribution in [3.05, 3.63) is 45.3 Å². The Balaban J connectivity index is 1.68. The van der Waals surface area contributed by atoms with Crippen LogP contribution in [0, 0.1) is 22.7 Å². The monoisotopic (exact) mass is 418 g/mol. The van der Waals surface area contributed by atoms with Crippen LogP contribution >= 0.6 is 34.7 Å². The molecule has 0 radical (unpaired) electrons. The molecule has 3 rings (SSSR count). The summed E-state index contributed by atoms with van der Waals surface area (Å²) in [6, 6.07) is 9.75. The molecule has 1 aromatic carbocycles. The highest BCUT2D eigenvalue weighted by atomic mass is 35.5. The average molecular weight is 419 g/mol. The number of rotatable bonds is 4. The summed E-state index contributed by atoms with van der Waals surface area (Å²) >= 11 is 8.92. The van der Waals surface area contributed by atoms with E-state index in [0.717, 1.165) is 29.7 Å². The molecule has 3 nitrogen and oxygen atoms in total. The zero-order valence-electron chi connectivity index (χ0n) is 15.8. The van der Waals surface area contributed by atoms with Gasteiger partial charge in [-0.05, 0) is 60.4 Å². The third-order valence-electron chi connectivity index (χ3n) is 5.04. The van der Waals surface area contributed by atoms with Crippen molar-refractivity contribution in [3.8, 4) is 6.07 Å². The maximum atomic E-state index is 12.4. The molecule has 1 N–H and O–H groups in total. The second-order valence-electron chi connectivity index (χ2n) is 7.92. The Labute approximate surface area is 174 Å². The van der Waals surface area contributed by atoms with Gasteiger partial charge in [0.25, 0.3) is 0 Å². The molecule has 1 aliphatic rings. The number of fused-ring (bicyclic) bond motifs is 1. The van der Waals surface area contributed by atoms with Gasteiger partial charge >= 0.3 is 0 Å². The fourth-order valence-electron chi connectivity index (χ4n) is 3.37. The van der Waals surface area contributed by atoms with Crippen LogP contribution in [0.2, 0.25) is 5.02 Å². The van der Waals surface area contributed by atoms with Crippen molar-refractivity contribution < 1.29 is 4.79 Å². The van der Waals surface area contributed by atoms with Gasteiger partial charge in [-0.3, -0.25) is 4.79 Å². The number of benzene rings is 1. The van der Waals surface area contributed by atoms with Crippen LogP contribution in [0.25, 0.3) is 0 Å². The molecule has 1 atom stereocenters. The average Bonchev–Trinajstić information content (AvgIpc) is 2.96. The minimum Gasteiger partial charge on any atom is -0.316 e. The Bertz CT molecular complexity index is 875. The van der Waals surface area contributed by atoms with E-state index in [4.69, 9.17) is 11.6 Å². The number of carbonyl (C=O) groups is 1. The summed E-state index contributed by atoms with van der Waals surface area (Å²) in [6.45, 7) is 6.83. The van der Waals surface area contributed by atoms with Crippen molar-refractivity contribution in [2.24, 2.45) is 11.3 Å². The summed E-state index contributed by atoms with van der Waals surface area (Å²) in [5.74, 6) is 0.830. The first-order valence-electron chi connectivity index (χ1n) is 9.00. The smallest absolute Gasteiger partial charge is 0.235 e. The van der Waals surface area contributed by atoms with E-state index in [1.54, 1.807) is 11.3 Å². The van der Waals surface area contributed by atoms with E-state index in [1.165, 1.54) is 16.6 Å². The number of nitriles is 1. The number of hydrogen-bond acceptors (Lipinski definition) is 4. The lowest BCUT2D eigenvalue weighted by Gasteiger charge is -2.33. The molecule has 0 saturated carbocycles. The quantitative estimate of drug-likeness (QED) is 0.605. The maximum absolute atomic E-state index is 12.4. The van der Waals surface area contributed by atoms with Crippen molar-refractivity contribution in [2.45, 2.75) is 44.9 Å². The molecule has 27 heavy (non-hydrogen) atoms. The Morgan fingerprint density at radius 1 is 1.37 bits per heavy atom. The van der Waals surface area contributed by atoms with Crippen molar-refractivity contribution in [3.63, 3.8) is 0 Å². The molecular weight excluding hydrogens is 396 g/mol. The molecule has 1 aromatic heterocycles. The Morgan fingerprint density at radius 2 is 2.07 bits per heavy atom. The lowest BCUT2D eigenvalue weighted by molar-refractivity contribution is -0.113. The molecule has 6 heteroatoms. The first-order chi connectivity index (χ1) is 12.8. The third-order valence-corrected chi connectivity index (χ3v) is 7.47. The van der Waals surface area contributed by atoms with E-state index in [2.05, 4.69) is 32.2 Å². The number of hydrogen-bond donors (Lipinski definition) is 1. The molecule has 0 aliphatic heterocycles. The van der Waals surface area contributed by atoms with Gasteiger partial charge in [-0.1, -0.05) is 32.4 Å². The number of thiophene rings is 1. The number of anilines is 1. The SMILES string of the molecule is CC(C)(C)C1CCc2c(sc(NC(=O)CSc3ccc(Cl)cc3)c2C#N)C1. The van der Waals surface area contributed by atoms with Crippen LogP contribution in [0.15, 0.2) is 29.2 Å². The van der Waals surface area contributed by atoms with E-state index in [1.807, 2.05) is 24.3 Å². The molecule has 1 unspecified atom stereocenters. The van der Waals surface area contributed by atoms with E-state index < -0.39 is 0 Å². The van der Waals surface area contributed by atoms with Crippen molar-refractivity contribution in [1.82, 2.24) is 0 Å². The topological polar surface area (TPSA) is 52.9 Å². The van der Waals surface area contributed by atoms with Crippen LogP contribution in [0.4, 0.5) is 5.00 Å². The molecule has 0 spiro atoms. The second kappa shape index (κ2) is 8.26. The maximum Gasteiger partial charge on any atom is 0.235 e. The predicted octanol–water partition coefficient (Wildman–Crippen LogP) is 6.15. The highest BCUT2D eigenvalue weighted by Gasteiger charge is 2.32. The first kappa shape index (κ1) is 20.3. The van der Waals surface area contributed by atoms with Gasteiger partial charge in [0.2, 0.25) is 5.91 Å². The zero-order chi connectivity index (χ0) is 19.6. The third kappa shape index (κ3) is 4.87. The molecule has 142 valence electrons. The minimum absolute atomic E-state index is 0.0857. The van der Waals surface area contributed by atoms with Crippen molar-refractivity contribution in [2.75, 3.05) is 11.1 Å². The van der Waals surface area contributed by atoms with Crippen LogP contribution in [0.3, 0.4) is 0 Å². The van der Waals surface area contributed by atoms with Crippen LogP contribution in [-0.4, -0.2) is 11.7 Å². The van der Waals surface area contributed by atoms with Gasteiger partial charge in [-0.15, -0.1) is 23.1 Å².